The van der Waals surface area contributed by atoms with Crippen molar-refractivity contribution in [2.75, 3.05) is 13.2 Å². The number of ether oxygens (including phenoxy) is 1. The van der Waals surface area contributed by atoms with Gasteiger partial charge in [-0.1, -0.05) is 0 Å². The Bertz CT molecular complexity index is 664. The molecule has 0 spiro atoms. The van der Waals surface area contributed by atoms with Crippen LogP contribution in [0.2, 0.25) is 0 Å². The van der Waals surface area contributed by atoms with Crippen LogP contribution in [0, 0.1) is 6.92 Å². The first-order valence-electron chi connectivity index (χ1n) is 6.81. The standard InChI is InChI=1S/C13H16BrN5O2/c1-9-11(17-19-4-2-6-21-13(9)19)12(20)15-3-5-18-8-10(14)7-16-18/h7-8H,2-6H2,1H3,(H,15,20). The lowest BCUT2D eigenvalue weighted by Gasteiger charge is -2.14. The molecule has 0 radical (unpaired) electrons. The highest BCUT2D eigenvalue weighted by molar-refractivity contribution is 9.10. The topological polar surface area (TPSA) is 74.0 Å². The van der Waals surface area contributed by atoms with E-state index in [-0.39, 0.29) is 5.91 Å². The predicted octanol–water partition coefficient (Wildman–Crippen LogP) is 1.36. The van der Waals surface area contributed by atoms with Crippen LogP contribution in [-0.2, 0) is 13.1 Å². The number of hydrogen-bond donors (Lipinski definition) is 1. The number of nitrogens with one attached hydrogen (secondary N) is 1. The summed E-state index contributed by atoms with van der Waals surface area (Å²) in [5.41, 5.74) is 1.24. The second-order valence-electron chi connectivity index (χ2n) is 4.88. The monoisotopic (exact) mass is 353 g/mol. The van der Waals surface area contributed by atoms with Gasteiger partial charge in [0.2, 0.25) is 5.88 Å². The Labute approximate surface area is 130 Å². The lowest BCUT2D eigenvalue weighted by atomic mass is 10.2. The Hall–Kier alpha value is -1.83. The summed E-state index contributed by atoms with van der Waals surface area (Å²) in [6.45, 7) is 4.45. The fraction of sp³-hybridized carbons (Fsp3) is 0.462. The number of amides is 1. The fourth-order valence-corrected chi connectivity index (χ4v) is 2.63. The van der Waals surface area contributed by atoms with E-state index in [1.165, 1.54) is 0 Å². The summed E-state index contributed by atoms with van der Waals surface area (Å²) in [6, 6.07) is 0. The van der Waals surface area contributed by atoms with E-state index in [0.29, 0.717) is 31.3 Å². The van der Waals surface area contributed by atoms with Crippen molar-refractivity contribution >= 4 is 21.8 Å². The molecule has 0 saturated heterocycles. The van der Waals surface area contributed by atoms with Crippen LogP contribution in [0.5, 0.6) is 5.88 Å². The molecule has 1 aliphatic heterocycles. The molecule has 21 heavy (non-hydrogen) atoms. The first-order chi connectivity index (χ1) is 10.1. The van der Waals surface area contributed by atoms with Crippen molar-refractivity contribution in [3.05, 3.63) is 28.1 Å². The van der Waals surface area contributed by atoms with Gasteiger partial charge in [-0.05, 0) is 22.9 Å². The zero-order valence-electron chi connectivity index (χ0n) is 11.7. The van der Waals surface area contributed by atoms with Crippen LogP contribution < -0.4 is 10.1 Å². The molecule has 0 aromatic carbocycles. The molecule has 112 valence electrons. The Balaban J connectivity index is 1.61. The number of rotatable bonds is 4. The predicted molar refractivity (Wildman–Crippen MR) is 79.3 cm³/mol. The molecule has 2 aromatic rings. The third-order valence-electron chi connectivity index (χ3n) is 3.33. The molecule has 3 heterocycles. The van der Waals surface area contributed by atoms with E-state index in [4.69, 9.17) is 4.74 Å². The zero-order valence-corrected chi connectivity index (χ0v) is 13.3. The van der Waals surface area contributed by atoms with E-state index in [2.05, 4.69) is 31.4 Å². The van der Waals surface area contributed by atoms with Gasteiger partial charge < -0.3 is 10.1 Å². The second-order valence-corrected chi connectivity index (χ2v) is 5.80. The molecule has 7 nitrogen and oxygen atoms in total. The summed E-state index contributed by atoms with van der Waals surface area (Å²) in [7, 11) is 0. The van der Waals surface area contributed by atoms with Crippen molar-refractivity contribution < 1.29 is 9.53 Å². The van der Waals surface area contributed by atoms with Crippen molar-refractivity contribution in [2.45, 2.75) is 26.4 Å². The number of carbonyl (C=O) groups excluding carboxylic acids is 1. The first-order valence-corrected chi connectivity index (χ1v) is 7.61. The summed E-state index contributed by atoms with van der Waals surface area (Å²) >= 11 is 3.33. The maximum atomic E-state index is 12.2. The molecule has 0 fully saturated rings. The highest BCUT2D eigenvalue weighted by Crippen LogP contribution is 2.24. The number of aryl methyl sites for hydroxylation is 1. The number of fused-ring (bicyclic) bond motifs is 1. The third kappa shape index (κ3) is 2.94. The minimum absolute atomic E-state index is 0.177. The van der Waals surface area contributed by atoms with Crippen LogP contribution in [0.1, 0.15) is 22.5 Å². The van der Waals surface area contributed by atoms with E-state index in [1.807, 2.05) is 13.1 Å². The number of halogens is 1. The van der Waals surface area contributed by atoms with Crippen molar-refractivity contribution in [1.82, 2.24) is 24.9 Å². The minimum Gasteiger partial charge on any atom is -0.478 e. The van der Waals surface area contributed by atoms with Crippen LogP contribution >= 0.6 is 15.9 Å². The van der Waals surface area contributed by atoms with E-state index in [0.717, 1.165) is 23.0 Å². The maximum Gasteiger partial charge on any atom is 0.272 e. The highest BCUT2D eigenvalue weighted by atomic mass is 79.9. The molecule has 0 bridgehead atoms. The van der Waals surface area contributed by atoms with Crippen LogP contribution in [0.25, 0.3) is 0 Å². The van der Waals surface area contributed by atoms with E-state index in [9.17, 15) is 4.79 Å². The van der Waals surface area contributed by atoms with Crippen LogP contribution in [0.15, 0.2) is 16.9 Å². The Morgan fingerprint density at radius 2 is 2.43 bits per heavy atom. The van der Waals surface area contributed by atoms with Gasteiger partial charge in [0.1, 0.15) is 0 Å². The molecule has 8 heteroatoms. The van der Waals surface area contributed by atoms with Gasteiger partial charge in [0.15, 0.2) is 5.69 Å². The third-order valence-corrected chi connectivity index (χ3v) is 3.74. The summed E-state index contributed by atoms with van der Waals surface area (Å²) < 4.78 is 10.0. The van der Waals surface area contributed by atoms with Gasteiger partial charge >= 0.3 is 0 Å². The zero-order chi connectivity index (χ0) is 14.8. The maximum absolute atomic E-state index is 12.2. The molecule has 0 unspecified atom stereocenters. The average Bonchev–Trinajstić information content (AvgIpc) is 3.03. The molecule has 1 aliphatic rings. The first kappa shape index (κ1) is 14.1. The molecule has 2 aromatic heterocycles. The smallest absolute Gasteiger partial charge is 0.272 e. The van der Waals surface area contributed by atoms with Gasteiger partial charge in [0.05, 0.1) is 23.8 Å². The van der Waals surface area contributed by atoms with Crippen LogP contribution in [-0.4, -0.2) is 38.6 Å². The highest BCUT2D eigenvalue weighted by Gasteiger charge is 2.22. The summed E-state index contributed by atoms with van der Waals surface area (Å²) in [5.74, 6) is 0.534. The van der Waals surface area contributed by atoms with Crippen molar-refractivity contribution in [3.8, 4) is 5.88 Å². The van der Waals surface area contributed by atoms with E-state index >= 15 is 0 Å². The molecule has 3 rings (SSSR count). The second kappa shape index (κ2) is 5.88. The SMILES string of the molecule is Cc1c(C(=O)NCCn2cc(Br)cn2)nn2c1OCCC2. The molecule has 0 atom stereocenters. The molecule has 1 amide bonds. The van der Waals surface area contributed by atoms with Gasteiger partial charge in [-0.2, -0.15) is 10.2 Å². The Kier molecular flexibility index (Phi) is 3.96. The van der Waals surface area contributed by atoms with Gasteiger partial charge in [0, 0.05) is 31.3 Å². The molecule has 0 aliphatic carbocycles. The van der Waals surface area contributed by atoms with Gasteiger partial charge in [-0.25, -0.2) is 4.68 Å². The van der Waals surface area contributed by atoms with Crippen molar-refractivity contribution in [1.29, 1.82) is 0 Å². The molecule has 1 N–H and O–H groups in total. The summed E-state index contributed by atoms with van der Waals surface area (Å²) in [4.78, 5) is 12.2. The lowest BCUT2D eigenvalue weighted by molar-refractivity contribution is 0.0945. The lowest BCUT2D eigenvalue weighted by Crippen LogP contribution is -2.28. The quantitative estimate of drug-likeness (QED) is 0.900. The summed E-state index contributed by atoms with van der Waals surface area (Å²) in [5, 5.41) is 11.3. The van der Waals surface area contributed by atoms with Crippen LogP contribution in [0.4, 0.5) is 0 Å². The number of nitrogens with zero attached hydrogens (tertiary/aromatic N) is 4. The fourth-order valence-electron chi connectivity index (χ4n) is 2.30. The Morgan fingerprint density at radius 1 is 1.57 bits per heavy atom. The minimum atomic E-state index is -0.177. The van der Waals surface area contributed by atoms with Crippen molar-refractivity contribution in [3.63, 3.8) is 0 Å². The van der Waals surface area contributed by atoms with Gasteiger partial charge in [-0.3, -0.25) is 9.48 Å². The largest absolute Gasteiger partial charge is 0.478 e. The molecular weight excluding hydrogens is 338 g/mol. The number of aromatic nitrogens is 4. The van der Waals surface area contributed by atoms with Crippen LogP contribution in [0.3, 0.4) is 0 Å². The summed E-state index contributed by atoms with van der Waals surface area (Å²) in [6.07, 6.45) is 4.50. The van der Waals surface area contributed by atoms with Gasteiger partial charge in [-0.15, -0.1) is 0 Å². The molecular formula is C13H16BrN5O2. The normalized spacial score (nSPS) is 13.6. The number of carbonyl (C=O) groups is 1. The van der Waals surface area contributed by atoms with E-state index in [1.54, 1.807) is 15.6 Å². The average molecular weight is 354 g/mol. The Morgan fingerprint density at radius 3 is 3.14 bits per heavy atom. The van der Waals surface area contributed by atoms with Crippen molar-refractivity contribution in [2.24, 2.45) is 0 Å². The number of hydrogen-bond acceptors (Lipinski definition) is 4. The van der Waals surface area contributed by atoms with Gasteiger partial charge in [0.25, 0.3) is 5.91 Å². The van der Waals surface area contributed by atoms with E-state index < -0.39 is 0 Å². The molecule has 0 saturated carbocycles.